The van der Waals surface area contributed by atoms with E-state index in [0.29, 0.717) is 12.2 Å². The average molecular weight is 280 g/mol. The van der Waals surface area contributed by atoms with E-state index in [1.54, 1.807) is 12.1 Å². The monoisotopic (exact) mass is 279 g/mol. The zero-order chi connectivity index (χ0) is 11.4. The second-order valence-corrected chi connectivity index (χ2v) is 4.38. The van der Waals surface area contributed by atoms with E-state index in [0.717, 1.165) is 10.0 Å². The maximum absolute atomic E-state index is 13.3. The SMILES string of the molecule is Fc1ccccc1NCc1ccc(Br)cc1. The largest absolute Gasteiger partial charge is 0.379 e. The lowest BCUT2D eigenvalue weighted by Crippen LogP contribution is -2.00. The smallest absolute Gasteiger partial charge is 0.146 e. The third kappa shape index (κ3) is 2.83. The predicted octanol–water partition coefficient (Wildman–Crippen LogP) is 4.20. The maximum Gasteiger partial charge on any atom is 0.146 e. The summed E-state index contributed by atoms with van der Waals surface area (Å²) in [5.41, 5.74) is 1.65. The predicted molar refractivity (Wildman–Crippen MR) is 67.9 cm³/mol. The highest BCUT2D eigenvalue weighted by molar-refractivity contribution is 9.10. The Bertz CT molecular complexity index is 468. The van der Waals surface area contributed by atoms with E-state index in [2.05, 4.69) is 21.2 Å². The fraction of sp³-hybridized carbons (Fsp3) is 0.0769. The Labute approximate surface area is 102 Å². The number of anilines is 1. The molecule has 0 amide bonds. The molecule has 0 heterocycles. The highest BCUT2D eigenvalue weighted by Crippen LogP contribution is 2.15. The van der Waals surface area contributed by atoms with E-state index < -0.39 is 0 Å². The highest BCUT2D eigenvalue weighted by atomic mass is 79.9. The zero-order valence-corrected chi connectivity index (χ0v) is 10.2. The molecular weight excluding hydrogens is 269 g/mol. The van der Waals surface area contributed by atoms with Crippen LogP contribution in [0.15, 0.2) is 53.0 Å². The van der Waals surface area contributed by atoms with Gasteiger partial charge in [0.1, 0.15) is 5.82 Å². The molecular formula is C13H11BrFN. The normalized spacial score (nSPS) is 10.1. The van der Waals surface area contributed by atoms with Gasteiger partial charge in [-0.3, -0.25) is 0 Å². The topological polar surface area (TPSA) is 12.0 Å². The molecule has 0 spiro atoms. The van der Waals surface area contributed by atoms with Gasteiger partial charge in [-0.1, -0.05) is 40.2 Å². The molecule has 0 unspecified atom stereocenters. The van der Waals surface area contributed by atoms with E-state index >= 15 is 0 Å². The van der Waals surface area contributed by atoms with Crippen LogP contribution in [0.5, 0.6) is 0 Å². The first-order chi connectivity index (χ1) is 7.75. The number of benzene rings is 2. The molecule has 0 aliphatic carbocycles. The van der Waals surface area contributed by atoms with Crippen molar-refractivity contribution >= 4 is 21.6 Å². The third-order valence-electron chi connectivity index (χ3n) is 2.27. The second kappa shape index (κ2) is 5.12. The molecule has 0 aliphatic rings. The summed E-state index contributed by atoms with van der Waals surface area (Å²) in [4.78, 5) is 0. The van der Waals surface area contributed by atoms with Gasteiger partial charge in [0.15, 0.2) is 0 Å². The van der Waals surface area contributed by atoms with Crippen molar-refractivity contribution in [3.63, 3.8) is 0 Å². The summed E-state index contributed by atoms with van der Waals surface area (Å²) >= 11 is 3.37. The van der Waals surface area contributed by atoms with E-state index in [4.69, 9.17) is 0 Å². The summed E-state index contributed by atoms with van der Waals surface area (Å²) in [7, 11) is 0. The van der Waals surface area contributed by atoms with Gasteiger partial charge >= 0.3 is 0 Å². The molecule has 1 nitrogen and oxygen atoms in total. The third-order valence-corrected chi connectivity index (χ3v) is 2.80. The average Bonchev–Trinajstić information content (AvgIpc) is 2.30. The van der Waals surface area contributed by atoms with E-state index in [1.807, 2.05) is 30.3 Å². The molecule has 2 aromatic carbocycles. The molecule has 1 N–H and O–H groups in total. The van der Waals surface area contributed by atoms with Crippen LogP contribution in [0.25, 0.3) is 0 Å². The highest BCUT2D eigenvalue weighted by Gasteiger charge is 1.99. The molecule has 2 aromatic rings. The second-order valence-electron chi connectivity index (χ2n) is 3.46. The minimum atomic E-state index is -0.223. The fourth-order valence-corrected chi connectivity index (χ4v) is 1.67. The number of hydrogen-bond donors (Lipinski definition) is 1. The van der Waals surface area contributed by atoms with Crippen molar-refractivity contribution in [2.75, 3.05) is 5.32 Å². The Balaban J connectivity index is 2.02. The number of para-hydroxylation sites is 1. The first-order valence-corrected chi connectivity index (χ1v) is 5.78. The van der Waals surface area contributed by atoms with Crippen LogP contribution in [0, 0.1) is 5.82 Å². The number of hydrogen-bond acceptors (Lipinski definition) is 1. The molecule has 82 valence electrons. The number of halogens is 2. The van der Waals surface area contributed by atoms with Gasteiger partial charge in [-0.15, -0.1) is 0 Å². The van der Waals surface area contributed by atoms with E-state index in [1.165, 1.54) is 6.07 Å². The summed E-state index contributed by atoms with van der Waals surface area (Å²) in [6, 6.07) is 14.6. The summed E-state index contributed by atoms with van der Waals surface area (Å²) in [5.74, 6) is -0.223. The lowest BCUT2D eigenvalue weighted by atomic mass is 10.2. The fourth-order valence-electron chi connectivity index (χ4n) is 1.40. The van der Waals surface area contributed by atoms with E-state index in [9.17, 15) is 4.39 Å². The van der Waals surface area contributed by atoms with Gasteiger partial charge in [0, 0.05) is 11.0 Å². The Morgan fingerprint density at radius 2 is 1.69 bits per heavy atom. The first kappa shape index (κ1) is 11.1. The van der Waals surface area contributed by atoms with Crippen LogP contribution in [0.4, 0.5) is 10.1 Å². The Morgan fingerprint density at radius 1 is 1.00 bits per heavy atom. The van der Waals surface area contributed by atoms with Crippen LogP contribution in [-0.2, 0) is 6.54 Å². The molecule has 16 heavy (non-hydrogen) atoms. The quantitative estimate of drug-likeness (QED) is 0.888. The zero-order valence-electron chi connectivity index (χ0n) is 8.58. The minimum absolute atomic E-state index is 0.223. The van der Waals surface area contributed by atoms with Gasteiger partial charge < -0.3 is 5.32 Å². The molecule has 0 bridgehead atoms. The molecule has 0 aliphatic heterocycles. The maximum atomic E-state index is 13.3. The molecule has 0 atom stereocenters. The van der Waals surface area contributed by atoms with Crippen molar-refractivity contribution in [1.82, 2.24) is 0 Å². The van der Waals surface area contributed by atoms with Crippen LogP contribution in [0.2, 0.25) is 0 Å². The van der Waals surface area contributed by atoms with Gasteiger partial charge in [0.05, 0.1) is 5.69 Å². The number of rotatable bonds is 3. The van der Waals surface area contributed by atoms with Crippen molar-refractivity contribution in [3.05, 3.63) is 64.4 Å². The number of nitrogens with one attached hydrogen (secondary N) is 1. The lowest BCUT2D eigenvalue weighted by Gasteiger charge is -2.07. The first-order valence-electron chi connectivity index (χ1n) is 4.98. The van der Waals surface area contributed by atoms with Gasteiger partial charge in [-0.25, -0.2) is 4.39 Å². The van der Waals surface area contributed by atoms with Crippen molar-refractivity contribution in [2.24, 2.45) is 0 Å². The van der Waals surface area contributed by atoms with E-state index in [-0.39, 0.29) is 5.82 Å². The molecule has 0 radical (unpaired) electrons. The molecule has 0 fully saturated rings. The van der Waals surface area contributed by atoms with Crippen LogP contribution in [0.3, 0.4) is 0 Å². The Kier molecular flexibility index (Phi) is 3.57. The Hall–Kier alpha value is -1.35. The van der Waals surface area contributed by atoms with Gasteiger partial charge in [-0.05, 0) is 29.8 Å². The summed E-state index contributed by atoms with van der Waals surface area (Å²) in [6.07, 6.45) is 0. The Morgan fingerprint density at radius 3 is 2.38 bits per heavy atom. The molecule has 0 saturated carbocycles. The standard InChI is InChI=1S/C13H11BrFN/c14-11-7-5-10(6-8-11)9-16-13-4-2-1-3-12(13)15/h1-8,16H,9H2. The summed E-state index contributed by atoms with van der Waals surface area (Å²) in [5, 5.41) is 3.06. The van der Waals surface area contributed by atoms with Crippen molar-refractivity contribution in [2.45, 2.75) is 6.54 Å². The van der Waals surface area contributed by atoms with Crippen LogP contribution < -0.4 is 5.32 Å². The van der Waals surface area contributed by atoms with Crippen molar-refractivity contribution in [1.29, 1.82) is 0 Å². The van der Waals surface area contributed by atoms with Gasteiger partial charge in [0.25, 0.3) is 0 Å². The molecule has 0 saturated heterocycles. The van der Waals surface area contributed by atoms with Crippen molar-refractivity contribution in [3.8, 4) is 0 Å². The van der Waals surface area contributed by atoms with Gasteiger partial charge in [-0.2, -0.15) is 0 Å². The van der Waals surface area contributed by atoms with Crippen LogP contribution in [-0.4, -0.2) is 0 Å². The minimum Gasteiger partial charge on any atom is -0.379 e. The van der Waals surface area contributed by atoms with Crippen LogP contribution in [0.1, 0.15) is 5.56 Å². The van der Waals surface area contributed by atoms with Crippen LogP contribution >= 0.6 is 15.9 Å². The van der Waals surface area contributed by atoms with Gasteiger partial charge in [0.2, 0.25) is 0 Å². The summed E-state index contributed by atoms with van der Waals surface area (Å²) < 4.78 is 14.3. The summed E-state index contributed by atoms with van der Waals surface area (Å²) in [6.45, 7) is 0.619. The lowest BCUT2D eigenvalue weighted by molar-refractivity contribution is 0.630. The molecule has 0 aromatic heterocycles. The molecule has 2 rings (SSSR count). The molecule has 3 heteroatoms. The van der Waals surface area contributed by atoms with Crippen molar-refractivity contribution < 1.29 is 4.39 Å².